The largest absolute Gasteiger partial charge is 0.355 e. The van der Waals surface area contributed by atoms with Gasteiger partial charge in [0.25, 0.3) is 0 Å². The molecule has 3 heterocycles. The highest BCUT2D eigenvalue weighted by Crippen LogP contribution is 2.21. The third-order valence-electron chi connectivity index (χ3n) is 4.03. The summed E-state index contributed by atoms with van der Waals surface area (Å²) in [7, 11) is 0. The summed E-state index contributed by atoms with van der Waals surface area (Å²) in [6.45, 7) is 2.41. The minimum Gasteiger partial charge on any atom is -0.355 e. The number of hydrogen-bond donors (Lipinski definition) is 1. The minimum absolute atomic E-state index is 0.0211. The summed E-state index contributed by atoms with van der Waals surface area (Å²) < 4.78 is 1.67. The van der Waals surface area contributed by atoms with Crippen molar-refractivity contribution in [2.45, 2.75) is 18.4 Å². The molecule has 0 saturated heterocycles. The molecule has 0 aliphatic rings. The number of carbonyl (C=O) groups is 1. The first-order valence-electron chi connectivity index (χ1n) is 8.77. The molecule has 9 heteroatoms. The lowest BCUT2D eigenvalue weighted by Crippen LogP contribution is -2.27. The smallest absolute Gasteiger partial charge is 0.230 e. The van der Waals surface area contributed by atoms with Crippen LogP contribution in [0.3, 0.4) is 0 Å². The molecule has 0 radical (unpaired) electrons. The first kappa shape index (κ1) is 18.6. The lowest BCUT2D eigenvalue weighted by Gasteiger charge is -2.04. The number of hydrogen-bond acceptors (Lipinski definition) is 7. The van der Waals surface area contributed by atoms with Gasteiger partial charge in [-0.25, -0.2) is 4.98 Å². The van der Waals surface area contributed by atoms with E-state index in [9.17, 15) is 4.79 Å². The van der Waals surface area contributed by atoms with Crippen LogP contribution in [0.25, 0.3) is 16.9 Å². The van der Waals surface area contributed by atoms with Crippen molar-refractivity contribution in [3.05, 3.63) is 58.7 Å². The van der Waals surface area contributed by atoms with Gasteiger partial charge in [0.2, 0.25) is 5.91 Å². The summed E-state index contributed by atoms with van der Waals surface area (Å²) in [4.78, 5) is 16.7. The van der Waals surface area contributed by atoms with E-state index in [0.717, 1.165) is 33.5 Å². The lowest BCUT2D eigenvalue weighted by molar-refractivity contribution is -0.118. The number of nitrogens with zero attached hydrogens (tertiary/aromatic N) is 5. The Kier molecular flexibility index (Phi) is 5.63. The van der Waals surface area contributed by atoms with Gasteiger partial charge in [0.15, 0.2) is 11.5 Å². The number of rotatable bonds is 7. The maximum atomic E-state index is 12.1. The van der Waals surface area contributed by atoms with Crippen molar-refractivity contribution < 1.29 is 4.79 Å². The summed E-state index contributed by atoms with van der Waals surface area (Å²) in [5.41, 5.74) is 2.79. The molecule has 4 rings (SSSR count). The predicted molar refractivity (Wildman–Crippen MR) is 111 cm³/mol. The first-order valence-corrected chi connectivity index (χ1v) is 10.6. The normalized spacial score (nSPS) is 11.0. The lowest BCUT2D eigenvalue weighted by atomic mass is 10.2. The van der Waals surface area contributed by atoms with Crippen LogP contribution in [-0.4, -0.2) is 43.0 Å². The van der Waals surface area contributed by atoms with Crippen molar-refractivity contribution in [3.8, 4) is 11.3 Å². The van der Waals surface area contributed by atoms with Crippen molar-refractivity contribution in [3.63, 3.8) is 0 Å². The van der Waals surface area contributed by atoms with Gasteiger partial charge in [-0.05, 0) is 19.1 Å². The monoisotopic (exact) mass is 410 g/mol. The zero-order valence-electron chi connectivity index (χ0n) is 15.2. The molecule has 1 amide bonds. The third-order valence-corrected chi connectivity index (χ3v) is 5.86. The van der Waals surface area contributed by atoms with Crippen molar-refractivity contribution in [2.24, 2.45) is 0 Å². The number of fused-ring (bicyclic) bond motifs is 1. The fraction of sp³-hybridized carbons (Fsp3) is 0.211. The molecule has 0 bridgehead atoms. The van der Waals surface area contributed by atoms with Gasteiger partial charge in [-0.3, -0.25) is 4.79 Å². The van der Waals surface area contributed by atoms with E-state index in [2.05, 4.69) is 31.0 Å². The van der Waals surface area contributed by atoms with Gasteiger partial charge in [0.05, 0.1) is 16.5 Å². The van der Waals surface area contributed by atoms with E-state index in [-0.39, 0.29) is 5.91 Å². The average molecular weight is 411 g/mol. The van der Waals surface area contributed by atoms with Crippen LogP contribution in [-0.2, 0) is 11.2 Å². The van der Waals surface area contributed by atoms with E-state index >= 15 is 0 Å². The fourth-order valence-corrected chi connectivity index (χ4v) is 4.12. The summed E-state index contributed by atoms with van der Waals surface area (Å²) >= 11 is 3.01. The Morgan fingerprint density at radius 1 is 1.18 bits per heavy atom. The number of amides is 1. The fourth-order valence-electron chi connectivity index (χ4n) is 2.62. The summed E-state index contributed by atoms with van der Waals surface area (Å²) in [5, 5.41) is 19.2. The van der Waals surface area contributed by atoms with E-state index in [1.807, 2.05) is 49.4 Å². The number of nitrogens with one attached hydrogen (secondary N) is 1. The molecule has 4 aromatic rings. The molecule has 28 heavy (non-hydrogen) atoms. The molecule has 0 spiro atoms. The van der Waals surface area contributed by atoms with E-state index in [1.54, 1.807) is 15.9 Å². The van der Waals surface area contributed by atoms with Gasteiger partial charge in [-0.1, -0.05) is 42.1 Å². The summed E-state index contributed by atoms with van der Waals surface area (Å²) in [5.74, 6) is 1.01. The zero-order chi connectivity index (χ0) is 19.3. The standard InChI is InChI=1S/C19H18N6OS2/c1-13-22-23-16-7-8-19(24-25(13)16)28-12-17(26)20-10-9-18-21-15(11-27-18)14-5-3-2-4-6-14/h2-8,11H,9-10,12H2,1H3,(H,20,26). The highest BCUT2D eigenvalue weighted by Gasteiger charge is 2.08. The quantitative estimate of drug-likeness (QED) is 0.472. The van der Waals surface area contributed by atoms with Crippen LogP contribution in [0.4, 0.5) is 0 Å². The molecule has 1 aromatic carbocycles. The van der Waals surface area contributed by atoms with Crippen molar-refractivity contribution in [1.29, 1.82) is 0 Å². The van der Waals surface area contributed by atoms with Crippen LogP contribution in [0, 0.1) is 6.92 Å². The molecular weight excluding hydrogens is 392 g/mol. The number of benzene rings is 1. The van der Waals surface area contributed by atoms with Gasteiger partial charge >= 0.3 is 0 Å². The van der Waals surface area contributed by atoms with Gasteiger partial charge in [0.1, 0.15) is 5.03 Å². The van der Waals surface area contributed by atoms with E-state index < -0.39 is 0 Å². The Balaban J connectivity index is 1.24. The molecule has 0 aliphatic carbocycles. The maximum absolute atomic E-state index is 12.1. The molecule has 0 atom stereocenters. The Bertz CT molecular complexity index is 1090. The van der Waals surface area contributed by atoms with E-state index in [4.69, 9.17) is 0 Å². The Morgan fingerprint density at radius 3 is 2.89 bits per heavy atom. The van der Waals surface area contributed by atoms with Crippen LogP contribution < -0.4 is 5.32 Å². The zero-order valence-corrected chi connectivity index (χ0v) is 16.8. The molecule has 0 saturated carbocycles. The Labute approximate surface area is 170 Å². The first-order chi connectivity index (χ1) is 13.7. The average Bonchev–Trinajstić information content (AvgIpc) is 3.34. The summed E-state index contributed by atoms with van der Waals surface area (Å²) in [6, 6.07) is 13.8. The second-order valence-electron chi connectivity index (χ2n) is 6.07. The second-order valence-corrected chi connectivity index (χ2v) is 8.01. The Morgan fingerprint density at radius 2 is 2.04 bits per heavy atom. The number of aryl methyl sites for hydroxylation is 1. The molecular formula is C19H18N6OS2. The molecule has 0 aliphatic heterocycles. The number of thioether (sulfide) groups is 1. The third kappa shape index (κ3) is 4.37. The minimum atomic E-state index is -0.0211. The van der Waals surface area contributed by atoms with Gasteiger partial charge in [0, 0.05) is 23.9 Å². The molecule has 1 N–H and O–H groups in total. The summed E-state index contributed by atoms with van der Waals surface area (Å²) in [6.07, 6.45) is 0.720. The number of aromatic nitrogens is 5. The van der Waals surface area contributed by atoms with Crippen LogP contribution in [0.2, 0.25) is 0 Å². The van der Waals surface area contributed by atoms with Crippen LogP contribution >= 0.6 is 23.1 Å². The molecule has 0 unspecified atom stereocenters. The highest BCUT2D eigenvalue weighted by atomic mass is 32.2. The van der Waals surface area contributed by atoms with Gasteiger partial charge < -0.3 is 5.32 Å². The van der Waals surface area contributed by atoms with Crippen molar-refractivity contribution >= 4 is 34.7 Å². The van der Waals surface area contributed by atoms with Crippen LogP contribution in [0.5, 0.6) is 0 Å². The molecule has 142 valence electrons. The number of thiazole rings is 1. The van der Waals surface area contributed by atoms with Crippen LogP contribution in [0.1, 0.15) is 10.8 Å². The van der Waals surface area contributed by atoms with E-state index in [1.165, 1.54) is 11.8 Å². The molecule has 7 nitrogen and oxygen atoms in total. The van der Waals surface area contributed by atoms with Gasteiger partial charge in [-0.15, -0.1) is 21.5 Å². The van der Waals surface area contributed by atoms with E-state index in [0.29, 0.717) is 17.9 Å². The van der Waals surface area contributed by atoms with Gasteiger partial charge in [-0.2, -0.15) is 9.61 Å². The van der Waals surface area contributed by atoms with Crippen LogP contribution in [0.15, 0.2) is 52.9 Å². The molecule has 3 aromatic heterocycles. The Hall–Kier alpha value is -2.78. The molecule has 0 fully saturated rings. The van der Waals surface area contributed by atoms with Crippen molar-refractivity contribution in [2.75, 3.05) is 12.3 Å². The second kappa shape index (κ2) is 8.49. The van der Waals surface area contributed by atoms with Crippen molar-refractivity contribution in [1.82, 2.24) is 30.1 Å². The topological polar surface area (TPSA) is 85.1 Å². The maximum Gasteiger partial charge on any atom is 0.230 e. The number of carbonyl (C=O) groups excluding carboxylic acids is 1. The highest BCUT2D eigenvalue weighted by molar-refractivity contribution is 7.99. The predicted octanol–water partition coefficient (Wildman–Crippen LogP) is 3.01. The SMILES string of the molecule is Cc1nnc2ccc(SCC(=O)NCCc3nc(-c4ccccc4)cs3)nn12.